The summed E-state index contributed by atoms with van der Waals surface area (Å²) in [6, 6.07) is 19.3. The Labute approximate surface area is 209 Å². The molecule has 3 aromatic rings. The van der Waals surface area contributed by atoms with Crippen LogP contribution in [0.25, 0.3) is 0 Å². The summed E-state index contributed by atoms with van der Waals surface area (Å²) in [5.41, 5.74) is 1.30. The number of imide groups is 1. The Balaban J connectivity index is 1.73. The van der Waals surface area contributed by atoms with Gasteiger partial charge in [0.15, 0.2) is 0 Å². The van der Waals surface area contributed by atoms with Gasteiger partial charge in [0, 0.05) is 5.56 Å². The number of nitrogens with two attached hydrogens (primary N) is 1. The van der Waals surface area contributed by atoms with Crippen LogP contribution in [-0.2, 0) is 19.6 Å². The number of sulfonamides is 1. The number of rotatable bonds is 7. The van der Waals surface area contributed by atoms with Crippen LogP contribution in [0.3, 0.4) is 0 Å². The summed E-state index contributed by atoms with van der Waals surface area (Å²) in [7, 11) is -2.44. The molecular weight excluding hydrogens is 482 g/mol. The van der Waals surface area contributed by atoms with Gasteiger partial charge in [0.2, 0.25) is 15.9 Å². The molecule has 0 spiro atoms. The molecule has 0 saturated carbocycles. The van der Waals surface area contributed by atoms with Gasteiger partial charge in [-0.25, -0.2) is 18.5 Å². The van der Waals surface area contributed by atoms with Crippen molar-refractivity contribution in [2.75, 3.05) is 12.0 Å². The third kappa shape index (κ3) is 4.86. The van der Waals surface area contributed by atoms with Crippen molar-refractivity contribution >= 4 is 33.4 Å². The van der Waals surface area contributed by atoms with E-state index in [1.54, 1.807) is 31.2 Å². The average molecular weight is 508 g/mol. The number of primary sulfonamides is 1. The highest BCUT2D eigenvalue weighted by molar-refractivity contribution is 7.89. The van der Waals surface area contributed by atoms with Gasteiger partial charge in [0.25, 0.3) is 11.8 Å². The molecule has 2 unspecified atom stereocenters. The summed E-state index contributed by atoms with van der Waals surface area (Å²) < 4.78 is 28.4. The van der Waals surface area contributed by atoms with Crippen LogP contribution < -0.4 is 14.8 Å². The quantitative estimate of drug-likeness (QED) is 0.490. The molecule has 1 fully saturated rings. The number of hydrogen-bond donors (Lipinski definition) is 1. The summed E-state index contributed by atoms with van der Waals surface area (Å²) in [6.45, 7) is 1.80. The fourth-order valence-electron chi connectivity index (χ4n) is 4.27. The van der Waals surface area contributed by atoms with E-state index in [9.17, 15) is 22.8 Å². The van der Waals surface area contributed by atoms with Crippen molar-refractivity contribution < 1.29 is 27.5 Å². The molecule has 3 amide bonds. The van der Waals surface area contributed by atoms with E-state index in [4.69, 9.17) is 9.88 Å². The topological polar surface area (TPSA) is 127 Å². The summed E-state index contributed by atoms with van der Waals surface area (Å²) >= 11 is 0. The van der Waals surface area contributed by atoms with E-state index >= 15 is 0 Å². The number of benzene rings is 3. The number of amides is 3. The summed E-state index contributed by atoms with van der Waals surface area (Å²) in [4.78, 5) is 42.6. The fourth-order valence-corrected chi connectivity index (χ4v) is 4.79. The normalized spacial score (nSPS) is 16.6. The largest absolute Gasteiger partial charge is 0.497 e. The van der Waals surface area contributed by atoms with Crippen LogP contribution >= 0.6 is 0 Å². The van der Waals surface area contributed by atoms with Gasteiger partial charge in [-0.15, -0.1) is 0 Å². The molecule has 36 heavy (non-hydrogen) atoms. The molecule has 9 nitrogen and oxygen atoms in total. The Morgan fingerprint density at radius 1 is 1.03 bits per heavy atom. The van der Waals surface area contributed by atoms with Gasteiger partial charge in [0.05, 0.1) is 30.2 Å². The zero-order valence-electron chi connectivity index (χ0n) is 19.7. The average Bonchev–Trinajstić information content (AvgIpc) is 3.17. The Morgan fingerprint density at radius 2 is 1.69 bits per heavy atom. The molecule has 1 aliphatic rings. The van der Waals surface area contributed by atoms with Crippen LogP contribution in [0.5, 0.6) is 5.75 Å². The number of carbonyl (C=O) groups is 3. The molecule has 186 valence electrons. The second-order valence-electron chi connectivity index (χ2n) is 8.36. The van der Waals surface area contributed by atoms with Crippen molar-refractivity contribution in [3.63, 3.8) is 0 Å². The number of anilines is 1. The molecule has 0 radical (unpaired) electrons. The van der Waals surface area contributed by atoms with Crippen LogP contribution in [0.4, 0.5) is 5.69 Å². The molecule has 0 aliphatic carbocycles. The van der Waals surface area contributed by atoms with E-state index in [0.717, 1.165) is 10.5 Å². The fraction of sp³-hybridized carbons (Fsp3) is 0.192. The zero-order valence-corrected chi connectivity index (χ0v) is 20.5. The SMILES string of the molecule is COc1cccc(C(=O)N(C2CC(=O)N(c3ccc(S(N)(=O)=O)cc3)C2=O)C(C)c2ccccc2)c1. The van der Waals surface area contributed by atoms with Crippen molar-refractivity contribution in [3.8, 4) is 5.75 Å². The summed E-state index contributed by atoms with van der Waals surface area (Å²) in [6.07, 6.45) is -0.220. The van der Waals surface area contributed by atoms with Crippen LogP contribution in [0.2, 0.25) is 0 Å². The van der Waals surface area contributed by atoms with Crippen molar-refractivity contribution in [1.82, 2.24) is 4.90 Å². The predicted octanol–water partition coefficient (Wildman–Crippen LogP) is 2.88. The number of nitrogens with zero attached hydrogens (tertiary/aromatic N) is 2. The Bertz CT molecular complexity index is 1410. The van der Waals surface area contributed by atoms with Gasteiger partial charge < -0.3 is 9.64 Å². The van der Waals surface area contributed by atoms with Gasteiger partial charge in [0.1, 0.15) is 11.8 Å². The van der Waals surface area contributed by atoms with Crippen molar-refractivity contribution in [1.29, 1.82) is 0 Å². The molecule has 1 aliphatic heterocycles. The first-order valence-corrected chi connectivity index (χ1v) is 12.7. The molecule has 0 aromatic heterocycles. The van der Waals surface area contributed by atoms with E-state index in [-0.39, 0.29) is 17.0 Å². The van der Waals surface area contributed by atoms with Crippen molar-refractivity contribution in [2.45, 2.75) is 30.3 Å². The molecule has 1 heterocycles. The third-order valence-corrected chi connectivity index (χ3v) is 7.06. The highest BCUT2D eigenvalue weighted by atomic mass is 32.2. The monoisotopic (exact) mass is 507 g/mol. The molecule has 0 bridgehead atoms. The molecular formula is C26H25N3O6S. The van der Waals surface area contributed by atoms with Crippen LogP contribution in [0.15, 0.2) is 83.8 Å². The lowest BCUT2D eigenvalue weighted by Gasteiger charge is -2.33. The van der Waals surface area contributed by atoms with Gasteiger partial charge in [-0.05, 0) is 55.0 Å². The van der Waals surface area contributed by atoms with Crippen LogP contribution in [0, 0.1) is 0 Å². The first-order valence-electron chi connectivity index (χ1n) is 11.1. The zero-order chi connectivity index (χ0) is 26.0. The predicted molar refractivity (Wildman–Crippen MR) is 133 cm³/mol. The van der Waals surface area contributed by atoms with E-state index in [2.05, 4.69) is 0 Å². The Kier molecular flexibility index (Phi) is 6.91. The molecule has 3 aromatic carbocycles. The van der Waals surface area contributed by atoms with E-state index in [1.807, 2.05) is 30.3 Å². The molecule has 10 heteroatoms. The van der Waals surface area contributed by atoms with E-state index < -0.39 is 39.8 Å². The van der Waals surface area contributed by atoms with Crippen LogP contribution in [-0.4, -0.2) is 44.2 Å². The van der Waals surface area contributed by atoms with Crippen molar-refractivity contribution in [2.24, 2.45) is 5.14 Å². The maximum atomic E-state index is 13.8. The molecule has 4 rings (SSSR count). The van der Waals surface area contributed by atoms with Crippen molar-refractivity contribution in [3.05, 3.63) is 90.0 Å². The lowest BCUT2D eigenvalue weighted by molar-refractivity contribution is -0.122. The Morgan fingerprint density at radius 3 is 2.31 bits per heavy atom. The van der Waals surface area contributed by atoms with Gasteiger partial charge in [-0.1, -0.05) is 36.4 Å². The maximum Gasteiger partial charge on any atom is 0.257 e. The second kappa shape index (κ2) is 9.92. The van der Waals surface area contributed by atoms with Crippen LogP contribution in [0.1, 0.15) is 35.3 Å². The lowest BCUT2D eigenvalue weighted by Crippen LogP contribution is -2.46. The number of methoxy groups -OCH3 is 1. The number of ether oxygens (including phenoxy) is 1. The van der Waals surface area contributed by atoms with E-state index in [1.165, 1.54) is 36.3 Å². The highest BCUT2D eigenvalue weighted by Gasteiger charge is 2.46. The first-order chi connectivity index (χ1) is 17.1. The number of carbonyl (C=O) groups excluding carboxylic acids is 3. The first kappa shape index (κ1) is 25.1. The number of hydrogen-bond acceptors (Lipinski definition) is 6. The third-order valence-electron chi connectivity index (χ3n) is 6.13. The Hall–Kier alpha value is -4.02. The summed E-state index contributed by atoms with van der Waals surface area (Å²) in [5.74, 6) is -1.03. The smallest absolute Gasteiger partial charge is 0.257 e. The molecule has 2 N–H and O–H groups in total. The minimum absolute atomic E-state index is 0.144. The van der Waals surface area contributed by atoms with E-state index in [0.29, 0.717) is 11.3 Å². The minimum atomic E-state index is -3.94. The molecule has 2 atom stereocenters. The molecule has 1 saturated heterocycles. The highest BCUT2D eigenvalue weighted by Crippen LogP contribution is 2.33. The standard InChI is InChI=1S/C26H25N3O6S/c1-17(18-7-4-3-5-8-18)28(25(31)19-9-6-10-21(15-19)35-2)23-16-24(30)29(26(23)32)20-11-13-22(14-12-20)36(27,33)34/h3-15,17,23H,16H2,1-2H3,(H2,27,33,34). The van der Waals surface area contributed by atoms with Gasteiger partial charge in [-0.3, -0.25) is 14.4 Å². The van der Waals surface area contributed by atoms with Gasteiger partial charge in [-0.2, -0.15) is 0 Å². The minimum Gasteiger partial charge on any atom is -0.497 e. The second-order valence-corrected chi connectivity index (χ2v) is 9.92. The van der Waals surface area contributed by atoms with Gasteiger partial charge >= 0.3 is 0 Å². The lowest BCUT2D eigenvalue weighted by atomic mass is 10.0. The summed E-state index contributed by atoms with van der Waals surface area (Å²) in [5, 5.41) is 5.15. The maximum absolute atomic E-state index is 13.8.